The highest BCUT2D eigenvalue weighted by Gasteiger charge is 2.16. The van der Waals surface area contributed by atoms with Crippen LogP contribution in [0.4, 0.5) is 28.4 Å². The van der Waals surface area contributed by atoms with Crippen LogP contribution in [0.5, 0.6) is 0 Å². The molecule has 0 unspecified atom stereocenters. The first kappa shape index (κ1) is 32.8. The molecule has 0 saturated heterocycles. The summed E-state index contributed by atoms with van der Waals surface area (Å²) in [5.41, 5.74) is 15.0. The van der Waals surface area contributed by atoms with Crippen LogP contribution in [-0.4, -0.2) is 11.6 Å². The first-order valence-corrected chi connectivity index (χ1v) is 18.4. The summed E-state index contributed by atoms with van der Waals surface area (Å²) in [4.78, 5) is 4.53. The number of anilines is 5. The molecule has 0 fully saturated rings. The van der Waals surface area contributed by atoms with Gasteiger partial charge in [0, 0.05) is 51.9 Å². The molecule has 1 aromatic heterocycles. The quantitative estimate of drug-likeness (QED) is 0.149. The van der Waals surface area contributed by atoms with Gasteiger partial charge in [0.25, 0.3) is 0 Å². The van der Waals surface area contributed by atoms with Gasteiger partial charge in [-0.3, -0.25) is 0 Å². The zero-order valence-corrected chi connectivity index (χ0v) is 30.2. The fourth-order valence-corrected chi connectivity index (χ4v) is 7.50. The number of hydrogen-bond donors (Lipinski definition) is 0. The molecule has 0 aliphatic rings. The number of para-hydroxylation sites is 3. The first-order valence-electron chi connectivity index (χ1n) is 18.4. The maximum atomic E-state index is 3.92. The van der Waals surface area contributed by atoms with Gasteiger partial charge in [0.2, 0.25) is 0 Å². The molecule has 0 radical (unpaired) electrons. The Balaban J connectivity index is 1.02. The van der Waals surface area contributed by atoms with Gasteiger partial charge in [0.1, 0.15) is 0 Å². The van der Waals surface area contributed by atoms with E-state index in [2.05, 4.69) is 222 Å². The molecular weight excluding hydrogens is 655 g/mol. The van der Waals surface area contributed by atoms with Gasteiger partial charge in [0.15, 0.2) is 0 Å². The molecule has 0 bridgehead atoms. The monoisotopic (exact) mass is 693 g/mol. The van der Waals surface area contributed by atoms with Crippen molar-refractivity contribution in [1.29, 1.82) is 0 Å². The van der Waals surface area contributed by atoms with Crippen molar-refractivity contribution < 1.29 is 0 Å². The van der Waals surface area contributed by atoms with Crippen molar-refractivity contribution in [2.75, 3.05) is 16.8 Å². The summed E-state index contributed by atoms with van der Waals surface area (Å²) in [7, 11) is 2.10. The van der Waals surface area contributed by atoms with Gasteiger partial charge in [-0.05, 0) is 119 Å². The van der Waals surface area contributed by atoms with Crippen LogP contribution in [0, 0.1) is 0 Å². The standard InChI is InChI=1S/C51H39N3/c1-3-37-18-27-47(28-19-37)54-50-17-11-10-16-48(50)49-36-41(26-35-51(49)54)40-24-33-46(34-25-40)53(44-14-8-5-9-15-44)45-31-22-39(23-32-45)38-20-29-43(30-21-38)52(2)42-12-6-4-7-13-42/h3-36H,1H2,2H3. The Kier molecular flexibility index (Phi) is 8.58. The van der Waals surface area contributed by atoms with Crippen molar-refractivity contribution in [3.8, 4) is 27.9 Å². The fraction of sp³-hybridized carbons (Fsp3) is 0.0196. The predicted octanol–water partition coefficient (Wildman–Crippen LogP) is 14.0. The molecule has 54 heavy (non-hydrogen) atoms. The molecule has 9 aromatic rings. The van der Waals surface area contributed by atoms with E-state index in [1.807, 2.05) is 12.1 Å². The second kappa shape index (κ2) is 14.1. The Hall–Kier alpha value is -7.10. The number of fused-ring (bicyclic) bond motifs is 3. The summed E-state index contributed by atoms with van der Waals surface area (Å²) >= 11 is 0. The summed E-state index contributed by atoms with van der Waals surface area (Å²) < 4.78 is 2.35. The van der Waals surface area contributed by atoms with Crippen LogP contribution in [0.1, 0.15) is 5.56 Å². The fourth-order valence-electron chi connectivity index (χ4n) is 7.50. The highest BCUT2D eigenvalue weighted by atomic mass is 15.1. The van der Waals surface area contributed by atoms with Gasteiger partial charge in [-0.15, -0.1) is 0 Å². The normalized spacial score (nSPS) is 11.1. The van der Waals surface area contributed by atoms with E-state index in [0.29, 0.717) is 0 Å². The number of nitrogens with zero attached hydrogens (tertiary/aromatic N) is 3. The lowest BCUT2D eigenvalue weighted by molar-refractivity contribution is 1.18. The van der Waals surface area contributed by atoms with Gasteiger partial charge in [-0.1, -0.05) is 122 Å². The van der Waals surface area contributed by atoms with Crippen LogP contribution >= 0.6 is 0 Å². The third-order valence-electron chi connectivity index (χ3n) is 10.4. The molecule has 0 spiro atoms. The van der Waals surface area contributed by atoms with Crippen molar-refractivity contribution in [1.82, 2.24) is 4.57 Å². The van der Waals surface area contributed by atoms with Crippen molar-refractivity contribution in [3.63, 3.8) is 0 Å². The lowest BCUT2D eigenvalue weighted by Crippen LogP contribution is -2.09. The average molecular weight is 694 g/mol. The van der Waals surface area contributed by atoms with Crippen molar-refractivity contribution in [2.24, 2.45) is 0 Å². The van der Waals surface area contributed by atoms with Crippen LogP contribution in [-0.2, 0) is 0 Å². The van der Waals surface area contributed by atoms with E-state index in [9.17, 15) is 0 Å². The molecular formula is C51H39N3. The second-order valence-corrected chi connectivity index (χ2v) is 13.6. The summed E-state index contributed by atoms with van der Waals surface area (Å²) in [5, 5.41) is 2.48. The minimum atomic E-state index is 1.10. The summed E-state index contributed by atoms with van der Waals surface area (Å²) in [5.74, 6) is 0. The van der Waals surface area contributed by atoms with E-state index < -0.39 is 0 Å². The molecule has 1 heterocycles. The zero-order chi connectivity index (χ0) is 36.4. The molecule has 0 amide bonds. The summed E-state index contributed by atoms with van der Waals surface area (Å²) in [6, 6.07) is 71.7. The maximum absolute atomic E-state index is 3.92. The Morgan fingerprint density at radius 2 is 0.852 bits per heavy atom. The molecule has 3 nitrogen and oxygen atoms in total. The molecule has 3 heteroatoms. The highest BCUT2D eigenvalue weighted by Crippen LogP contribution is 2.39. The van der Waals surface area contributed by atoms with E-state index in [-0.39, 0.29) is 0 Å². The van der Waals surface area contributed by atoms with Crippen molar-refractivity contribution >= 4 is 56.3 Å². The Bertz CT molecular complexity index is 2690. The number of rotatable bonds is 9. The van der Waals surface area contributed by atoms with Gasteiger partial charge in [-0.2, -0.15) is 0 Å². The second-order valence-electron chi connectivity index (χ2n) is 13.6. The van der Waals surface area contributed by atoms with Crippen LogP contribution in [0.3, 0.4) is 0 Å². The molecule has 0 atom stereocenters. The Morgan fingerprint density at radius 3 is 1.44 bits per heavy atom. The Morgan fingerprint density at radius 1 is 0.407 bits per heavy atom. The molecule has 9 rings (SSSR count). The minimum Gasteiger partial charge on any atom is -0.345 e. The largest absolute Gasteiger partial charge is 0.345 e. The number of hydrogen-bond acceptors (Lipinski definition) is 2. The molecule has 0 aliphatic carbocycles. The van der Waals surface area contributed by atoms with Gasteiger partial charge >= 0.3 is 0 Å². The Labute approximate surface area is 316 Å². The molecule has 0 aliphatic heterocycles. The smallest absolute Gasteiger partial charge is 0.0541 e. The van der Waals surface area contributed by atoms with E-state index in [1.165, 1.54) is 49.7 Å². The lowest BCUT2D eigenvalue weighted by atomic mass is 10.0. The lowest BCUT2D eigenvalue weighted by Gasteiger charge is -2.26. The van der Waals surface area contributed by atoms with Gasteiger partial charge in [-0.25, -0.2) is 0 Å². The molecule has 0 saturated carbocycles. The van der Waals surface area contributed by atoms with Crippen LogP contribution in [0.25, 0.3) is 55.8 Å². The third kappa shape index (κ3) is 6.12. The average Bonchev–Trinajstić information content (AvgIpc) is 3.58. The van der Waals surface area contributed by atoms with Crippen LogP contribution in [0.15, 0.2) is 207 Å². The third-order valence-corrected chi connectivity index (χ3v) is 10.4. The number of benzene rings is 8. The summed E-state index contributed by atoms with van der Waals surface area (Å²) in [6.07, 6.45) is 1.88. The first-order chi connectivity index (χ1) is 26.6. The van der Waals surface area contributed by atoms with E-state index in [1.54, 1.807) is 0 Å². The summed E-state index contributed by atoms with van der Waals surface area (Å²) in [6.45, 7) is 3.92. The molecule has 8 aromatic carbocycles. The molecule has 0 N–H and O–H groups in total. The van der Waals surface area contributed by atoms with Gasteiger partial charge in [0.05, 0.1) is 11.0 Å². The van der Waals surface area contributed by atoms with E-state index in [4.69, 9.17) is 0 Å². The van der Waals surface area contributed by atoms with E-state index in [0.717, 1.165) is 34.0 Å². The number of aromatic nitrogens is 1. The van der Waals surface area contributed by atoms with Crippen molar-refractivity contribution in [3.05, 3.63) is 212 Å². The van der Waals surface area contributed by atoms with Crippen LogP contribution < -0.4 is 9.80 Å². The SMILES string of the molecule is C=Cc1ccc(-n2c3ccccc3c3cc(-c4ccc(N(c5ccccc5)c5ccc(-c6ccc(N(C)c7ccccc7)cc6)cc5)cc4)ccc32)cc1. The van der Waals surface area contributed by atoms with E-state index >= 15 is 0 Å². The minimum absolute atomic E-state index is 1.10. The van der Waals surface area contributed by atoms with Gasteiger partial charge < -0.3 is 14.4 Å². The topological polar surface area (TPSA) is 11.4 Å². The molecule has 258 valence electrons. The van der Waals surface area contributed by atoms with Crippen molar-refractivity contribution in [2.45, 2.75) is 0 Å². The van der Waals surface area contributed by atoms with Crippen LogP contribution in [0.2, 0.25) is 0 Å². The predicted molar refractivity (Wildman–Crippen MR) is 231 cm³/mol. The maximum Gasteiger partial charge on any atom is 0.0541 e. The highest BCUT2D eigenvalue weighted by molar-refractivity contribution is 6.10. The zero-order valence-electron chi connectivity index (χ0n) is 30.2.